The van der Waals surface area contributed by atoms with Gasteiger partial charge < -0.3 is 9.64 Å². The minimum absolute atomic E-state index is 0.176. The monoisotopic (exact) mass is 272 g/mol. The molecule has 0 amide bonds. The van der Waals surface area contributed by atoms with E-state index in [0.717, 1.165) is 38.8 Å². The molecule has 102 valence electrons. The van der Waals surface area contributed by atoms with E-state index in [0.29, 0.717) is 5.95 Å². The summed E-state index contributed by atoms with van der Waals surface area (Å²) < 4.78 is 5.02. The van der Waals surface area contributed by atoms with Crippen LogP contribution in [0.3, 0.4) is 0 Å². The summed E-state index contributed by atoms with van der Waals surface area (Å²) in [4.78, 5) is 14.5. The summed E-state index contributed by atoms with van der Waals surface area (Å²) >= 11 is 5.87. The number of methoxy groups -OCH3 is 1. The van der Waals surface area contributed by atoms with Crippen molar-refractivity contribution >= 4 is 17.5 Å². The summed E-state index contributed by atoms with van der Waals surface area (Å²) in [7, 11) is 1.53. The Bertz CT molecular complexity index is 354. The van der Waals surface area contributed by atoms with Crippen LogP contribution in [-0.4, -0.2) is 35.2 Å². The van der Waals surface area contributed by atoms with E-state index in [1.165, 1.54) is 7.11 Å². The largest absolute Gasteiger partial charge is 0.467 e. The fraction of sp³-hybridized carbons (Fsp3) is 0.750. The van der Waals surface area contributed by atoms with Crippen molar-refractivity contribution in [1.82, 2.24) is 15.0 Å². The Kier molecular flexibility index (Phi) is 6.72. The van der Waals surface area contributed by atoms with Gasteiger partial charge in [-0.3, -0.25) is 0 Å². The number of halogens is 1. The first-order valence-corrected chi connectivity index (χ1v) is 6.79. The van der Waals surface area contributed by atoms with Crippen LogP contribution in [0.15, 0.2) is 0 Å². The third kappa shape index (κ3) is 4.64. The van der Waals surface area contributed by atoms with Gasteiger partial charge in [-0.25, -0.2) is 0 Å². The van der Waals surface area contributed by atoms with Crippen LogP contribution in [-0.2, 0) is 0 Å². The lowest BCUT2D eigenvalue weighted by atomic mass is 10.3. The van der Waals surface area contributed by atoms with Crippen LogP contribution < -0.4 is 9.64 Å². The topological polar surface area (TPSA) is 51.1 Å². The maximum absolute atomic E-state index is 5.87. The minimum Gasteiger partial charge on any atom is -0.467 e. The highest BCUT2D eigenvalue weighted by atomic mass is 35.5. The van der Waals surface area contributed by atoms with Crippen LogP contribution >= 0.6 is 11.6 Å². The van der Waals surface area contributed by atoms with E-state index in [-0.39, 0.29) is 11.3 Å². The average molecular weight is 273 g/mol. The Hall–Kier alpha value is -1.10. The molecule has 1 rings (SSSR count). The van der Waals surface area contributed by atoms with Gasteiger partial charge in [0.05, 0.1) is 7.11 Å². The molecular formula is C12H21ClN4O. The van der Waals surface area contributed by atoms with Crippen molar-refractivity contribution in [2.75, 3.05) is 25.1 Å². The molecule has 0 unspecified atom stereocenters. The SMILES string of the molecule is CCCCN(CCCC)c1nc(Cl)nc(OC)n1. The van der Waals surface area contributed by atoms with Crippen LogP contribution in [0.5, 0.6) is 6.01 Å². The second-order valence-electron chi connectivity index (χ2n) is 4.09. The highest BCUT2D eigenvalue weighted by molar-refractivity contribution is 6.28. The Labute approximate surface area is 114 Å². The van der Waals surface area contributed by atoms with Crippen molar-refractivity contribution in [3.05, 3.63) is 5.28 Å². The Morgan fingerprint density at radius 1 is 1.06 bits per heavy atom. The molecule has 1 aromatic heterocycles. The van der Waals surface area contributed by atoms with Gasteiger partial charge in [-0.15, -0.1) is 0 Å². The number of hydrogen-bond acceptors (Lipinski definition) is 5. The van der Waals surface area contributed by atoms with Gasteiger partial charge in [0.2, 0.25) is 11.2 Å². The predicted molar refractivity (Wildman–Crippen MR) is 73.4 cm³/mol. The molecule has 1 heterocycles. The van der Waals surface area contributed by atoms with Crippen molar-refractivity contribution in [3.63, 3.8) is 0 Å². The molecule has 0 aliphatic heterocycles. The highest BCUT2D eigenvalue weighted by Gasteiger charge is 2.12. The average Bonchev–Trinajstić information content (AvgIpc) is 2.38. The molecule has 0 aliphatic rings. The van der Waals surface area contributed by atoms with E-state index < -0.39 is 0 Å². The normalized spacial score (nSPS) is 10.4. The number of ether oxygens (including phenoxy) is 1. The molecule has 0 saturated carbocycles. The molecular weight excluding hydrogens is 252 g/mol. The van der Waals surface area contributed by atoms with Crippen LogP contribution in [0.25, 0.3) is 0 Å². The lowest BCUT2D eigenvalue weighted by Gasteiger charge is -2.22. The Morgan fingerprint density at radius 3 is 2.17 bits per heavy atom. The van der Waals surface area contributed by atoms with E-state index in [9.17, 15) is 0 Å². The number of aromatic nitrogens is 3. The first-order valence-electron chi connectivity index (χ1n) is 6.41. The smallest absolute Gasteiger partial charge is 0.322 e. The fourth-order valence-corrected chi connectivity index (χ4v) is 1.71. The highest BCUT2D eigenvalue weighted by Crippen LogP contribution is 2.16. The molecule has 18 heavy (non-hydrogen) atoms. The molecule has 5 nitrogen and oxygen atoms in total. The number of anilines is 1. The van der Waals surface area contributed by atoms with E-state index in [4.69, 9.17) is 16.3 Å². The van der Waals surface area contributed by atoms with Gasteiger partial charge in [0.1, 0.15) is 0 Å². The maximum Gasteiger partial charge on any atom is 0.322 e. The molecule has 0 aromatic carbocycles. The number of rotatable bonds is 8. The van der Waals surface area contributed by atoms with Crippen molar-refractivity contribution in [3.8, 4) is 6.01 Å². The van der Waals surface area contributed by atoms with Gasteiger partial charge in [0.15, 0.2) is 0 Å². The second kappa shape index (κ2) is 8.08. The molecule has 0 spiro atoms. The molecule has 0 aliphatic carbocycles. The third-order valence-electron chi connectivity index (χ3n) is 2.60. The predicted octanol–water partition coefficient (Wildman–Crippen LogP) is 2.94. The molecule has 6 heteroatoms. The zero-order valence-corrected chi connectivity index (χ0v) is 12.1. The summed E-state index contributed by atoms with van der Waals surface area (Å²) in [5, 5.41) is 0.176. The van der Waals surface area contributed by atoms with E-state index in [1.807, 2.05) is 0 Å². The second-order valence-corrected chi connectivity index (χ2v) is 4.42. The Morgan fingerprint density at radius 2 is 1.67 bits per heavy atom. The molecule has 0 N–H and O–H groups in total. The Balaban J connectivity index is 2.84. The molecule has 0 radical (unpaired) electrons. The van der Waals surface area contributed by atoms with Gasteiger partial charge in [0, 0.05) is 13.1 Å². The first kappa shape index (κ1) is 15.0. The summed E-state index contributed by atoms with van der Waals surface area (Å²) in [6, 6.07) is 0.267. The summed E-state index contributed by atoms with van der Waals surface area (Å²) in [6.45, 7) is 6.19. The summed E-state index contributed by atoms with van der Waals surface area (Å²) in [5.41, 5.74) is 0. The zero-order chi connectivity index (χ0) is 13.4. The quantitative estimate of drug-likeness (QED) is 0.728. The number of unbranched alkanes of at least 4 members (excludes halogenated alkanes) is 2. The van der Waals surface area contributed by atoms with Crippen LogP contribution in [0.2, 0.25) is 5.28 Å². The molecule has 0 saturated heterocycles. The molecule has 1 aromatic rings. The van der Waals surface area contributed by atoms with Gasteiger partial charge in [-0.2, -0.15) is 15.0 Å². The van der Waals surface area contributed by atoms with Crippen molar-refractivity contribution in [1.29, 1.82) is 0 Å². The van der Waals surface area contributed by atoms with Crippen molar-refractivity contribution < 1.29 is 4.74 Å². The first-order chi connectivity index (χ1) is 8.71. The minimum atomic E-state index is 0.176. The van der Waals surface area contributed by atoms with E-state index in [1.54, 1.807) is 0 Å². The standard InChI is InChI=1S/C12H21ClN4O/c1-4-6-8-17(9-7-5-2)11-14-10(13)15-12(16-11)18-3/h4-9H2,1-3H3. The van der Waals surface area contributed by atoms with Crippen LogP contribution in [0, 0.1) is 0 Å². The van der Waals surface area contributed by atoms with Gasteiger partial charge in [-0.1, -0.05) is 26.7 Å². The molecule has 0 atom stereocenters. The maximum atomic E-state index is 5.87. The van der Waals surface area contributed by atoms with Crippen molar-refractivity contribution in [2.24, 2.45) is 0 Å². The third-order valence-corrected chi connectivity index (χ3v) is 2.77. The van der Waals surface area contributed by atoms with Gasteiger partial charge in [-0.05, 0) is 24.4 Å². The van der Waals surface area contributed by atoms with Crippen molar-refractivity contribution in [2.45, 2.75) is 39.5 Å². The van der Waals surface area contributed by atoms with Crippen LogP contribution in [0.1, 0.15) is 39.5 Å². The van der Waals surface area contributed by atoms with Crippen LogP contribution in [0.4, 0.5) is 5.95 Å². The van der Waals surface area contributed by atoms with E-state index in [2.05, 4.69) is 33.7 Å². The van der Waals surface area contributed by atoms with Gasteiger partial charge in [0.25, 0.3) is 0 Å². The summed E-state index contributed by atoms with van der Waals surface area (Å²) in [5.74, 6) is 0.605. The lowest BCUT2D eigenvalue weighted by molar-refractivity contribution is 0.377. The lowest BCUT2D eigenvalue weighted by Crippen LogP contribution is -2.27. The molecule has 0 fully saturated rings. The van der Waals surface area contributed by atoms with Gasteiger partial charge >= 0.3 is 6.01 Å². The number of hydrogen-bond donors (Lipinski definition) is 0. The zero-order valence-electron chi connectivity index (χ0n) is 11.3. The fourth-order valence-electron chi connectivity index (χ4n) is 1.56. The molecule has 0 bridgehead atoms. The number of nitrogens with zero attached hydrogens (tertiary/aromatic N) is 4. The summed E-state index contributed by atoms with van der Waals surface area (Å²) in [6.07, 6.45) is 4.49. The van der Waals surface area contributed by atoms with E-state index >= 15 is 0 Å².